The topological polar surface area (TPSA) is 116 Å². The summed E-state index contributed by atoms with van der Waals surface area (Å²) in [6.07, 6.45) is -7.43. The van der Waals surface area contributed by atoms with Gasteiger partial charge in [-0.15, -0.1) is 0 Å². The summed E-state index contributed by atoms with van der Waals surface area (Å²) in [6.45, 7) is 3.24. The van der Waals surface area contributed by atoms with E-state index in [2.05, 4.69) is 5.32 Å². The zero-order valence-corrected chi connectivity index (χ0v) is 24.4. The van der Waals surface area contributed by atoms with Crippen molar-refractivity contribution in [3.63, 3.8) is 0 Å². The molecule has 0 aromatic heterocycles. The van der Waals surface area contributed by atoms with Gasteiger partial charge in [-0.25, -0.2) is 8.42 Å². The van der Waals surface area contributed by atoms with Crippen LogP contribution in [0.1, 0.15) is 32.3 Å². The molecule has 1 heterocycles. The number of aliphatic hydroxyl groups excluding tert-OH is 1. The van der Waals surface area contributed by atoms with Crippen molar-refractivity contribution >= 4 is 39.1 Å². The highest BCUT2D eigenvalue weighted by Crippen LogP contribution is 2.30. The number of carbonyl (C=O) groups is 2. The van der Waals surface area contributed by atoms with Crippen molar-refractivity contribution in [2.24, 2.45) is 5.92 Å². The Morgan fingerprint density at radius 2 is 1.90 bits per heavy atom. The van der Waals surface area contributed by atoms with Crippen LogP contribution < -0.4 is 10.1 Å². The second kappa shape index (κ2) is 13.4. The summed E-state index contributed by atoms with van der Waals surface area (Å²) in [7, 11) is -2.51. The van der Waals surface area contributed by atoms with Crippen LogP contribution in [0.25, 0.3) is 0 Å². The molecule has 0 bridgehead atoms. The fraction of sp³-hybridized carbons (Fsp3) is 0.481. The molecule has 0 spiro atoms. The number of likely N-dealkylation sites (N-methyl/N-ethyl adjacent to an activating group) is 1. The fourth-order valence-electron chi connectivity index (χ4n) is 4.34. The number of hydrogen-bond donors (Lipinski definition) is 2. The van der Waals surface area contributed by atoms with Crippen molar-refractivity contribution in [1.82, 2.24) is 9.21 Å². The van der Waals surface area contributed by atoms with Gasteiger partial charge in [0.2, 0.25) is 21.8 Å². The zero-order valence-electron chi connectivity index (χ0n) is 22.8. The number of rotatable bonds is 9. The third-order valence-corrected chi connectivity index (χ3v) is 8.88. The van der Waals surface area contributed by atoms with Crippen LogP contribution in [0.15, 0.2) is 47.4 Å². The summed E-state index contributed by atoms with van der Waals surface area (Å²) in [5.74, 6) is -1.30. The lowest BCUT2D eigenvalue weighted by Crippen LogP contribution is -2.48. The number of carbonyl (C=O) groups excluding carboxylic acids is 2. The molecule has 1 aliphatic heterocycles. The van der Waals surface area contributed by atoms with Gasteiger partial charge in [-0.05, 0) is 49.4 Å². The molecule has 0 saturated carbocycles. The maximum Gasteiger partial charge on any atom is 0.389 e. The van der Waals surface area contributed by atoms with Gasteiger partial charge in [-0.3, -0.25) is 9.59 Å². The van der Waals surface area contributed by atoms with Crippen LogP contribution in [0.2, 0.25) is 5.02 Å². The molecule has 14 heteroatoms. The third-order valence-electron chi connectivity index (χ3n) is 6.79. The Morgan fingerprint density at radius 1 is 1.24 bits per heavy atom. The number of amides is 2. The van der Waals surface area contributed by atoms with E-state index in [1.165, 1.54) is 54.4 Å². The van der Waals surface area contributed by atoms with Crippen molar-refractivity contribution < 1.29 is 41.0 Å². The summed E-state index contributed by atoms with van der Waals surface area (Å²) in [5, 5.41) is 12.6. The van der Waals surface area contributed by atoms with E-state index in [-0.39, 0.29) is 54.3 Å². The van der Waals surface area contributed by atoms with Gasteiger partial charge in [0.1, 0.15) is 11.9 Å². The predicted octanol–water partition coefficient (Wildman–Crippen LogP) is 4.09. The molecule has 41 heavy (non-hydrogen) atoms. The Hall–Kier alpha value is -2.87. The van der Waals surface area contributed by atoms with Gasteiger partial charge in [-0.1, -0.05) is 18.5 Å². The minimum atomic E-state index is -4.48. The monoisotopic (exact) mass is 619 g/mol. The highest BCUT2D eigenvalue weighted by Gasteiger charge is 2.34. The molecule has 3 rings (SSSR count). The van der Waals surface area contributed by atoms with Crippen molar-refractivity contribution in [2.75, 3.05) is 32.1 Å². The molecule has 0 unspecified atom stereocenters. The summed E-state index contributed by atoms with van der Waals surface area (Å²) in [6, 6.07) is 9.55. The second-order valence-electron chi connectivity index (χ2n) is 10.1. The van der Waals surface area contributed by atoms with Crippen molar-refractivity contribution in [3.8, 4) is 5.75 Å². The van der Waals surface area contributed by atoms with Crippen LogP contribution in [0.3, 0.4) is 0 Å². The van der Waals surface area contributed by atoms with Crippen LogP contribution in [0.5, 0.6) is 5.75 Å². The van der Waals surface area contributed by atoms with Crippen molar-refractivity contribution in [2.45, 2.75) is 56.3 Å². The fourth-order valence-corrected chi connectivity index (χ4v) is 5.65. The number of nitrogens with zero attached hydrogens (tertiary/aromatic N) is 2. The number of ether oxygens (including phenoxy) is 1. The Labute approximate surface area is 242 Å². The number of aliphatic hydroxyl groups is 1. The van der Waals surface area contributed by atoms with E-state index in [4.69, 9.17) is 16.3 Å². The number of alkyl halides is 3. The zero-order chi connectivity index (χ0) is 30.5. The second-order valence-corrected chi connectivity index (χ2v) is 12.6. The molecule has 0 fully saturated rings. The first kappa shape index (κ1) is 32.6. The van der Waals surface area contributed by atoms with Crippen LogP contribution in [-0.4, -0.2) is 79.6 Å². The van der Waals surface area contributed by atoms with E-state index in [1.807, 2.05) is 0 Å². The molecule has 0 saturated heterocycles. The summed E-state index contributed by atoms with van der Waals surface area (Å²) < 4.78 is 71.5. The van der Waals surface area contributed by atoms with Gasteiger partial charge < -0.3 is 20.1 Å². The Kier molecular flexibility index (Phi) is 10.7. The molecule has 9 nitrogen and oxygen atoms in total. The number of halogens is 4. The van der Waals surface area contributed by atoms with Crippen molar-refractivity contribution in [1.29, 1.82) is 0 Å². The van der Waals surface area contributed by atoms with Gasteiger partial charge in [0, 0.05) is 42.2 Å². The van der Waals surface area contributed by atoms with E-state index in [0.29, 0.717) is 10.6 Å². The summed E-state index contributed by atoms with van der Waals surface area (Å²) in [4.78, 5) is 26.9. The van der Waals surface area contributed by atoms with E-state index >= 15 is 0 Å². The molecule has 0 aliphatic carbocycles. The smallest absolute Gasteiger partial charge is 0.389 e. The van der Waals surface area contributed by atoms with Crippen LogP contribution >= 0.6 is 11.6 Å². The summed E-state index contributed by atoms with van der Waals surface area (Å²) in [5.41, 5.74) is 0.529. The van der Waals surface area contributed by atoms with Crippen LogP contribution in [-0.2, 0) is 26.0 Å². The van der Waals surface area contributed by atoms with E-state index < -0.39 is 47.1 Å². The highest BCUT2D eigenvalue weighted by molar-refractivity contribution is 7.89. The minimum absolute atomic E-state index is 0.0390. The lowest BCUT2D eigenvalue weighted by Gasteiger charge is -2.33. The predicted molar refractivity (Wildman–Crippen MR) is 147 cm³/mol. The molecule has 1 aliphatic rings. The minimum Gasteiger partial charge on any atom is -0.488 e. The highest BCUT2D eigenvalue weighted by atomic mass is 35.5. The summed E-state index contributed by atoms with van der Waals surface area (Å²) >= 11 is 5.90. The van der Waals surface area contributed by atoms with E-state index in [9.17, 15) is 36.3 Å². The Morgan fingerprint density at radius 3 is 2.51 bits per heavy atom. The normalized spacial score (nSPS) is 19.0. The number of nitrogens with one attached hydrogen (secondary N) is 1. The van der Waals surface area contributed by atoms with E-state index in [0.717, 1.165) is 4.31 Å². The number of fused-ring (bicyclic) bond motifs is 1. The van der Waals surface area contributed by atoms with Gasteiger partial charge in [0.25, 0.3) is 0 Å². The molecule has 2 aromatic carbocycles. The average Bonchev–Trinajstić information content (AvgIpc) is 2.94. The molecule has 226 valence electrons. The molecular weight excluding hydrogens is 587 g/mol. The third kappa shape index (κ3) is 8.81. The largest absolute Gasteiger partial charge is 0.488 e. The molecule has 2 aromatic rings. The average molecular weight is 620 g/mol. The first-order chi connectivity index (χ1) is 19.1. The van der Waals surface area contributed by atoms with Gasteiger partial charge in [0.15, 0.2) is 0 Å². The van der Waals surface area contributed by atoms with Gasteiger partial charge in [-0.2, -0.15) is 17.5 Å². The first-order valence-electron chi connectivity index (χ1n) is 12.9. The van der Waals surface area contributed by atoms with Crippen molar-refractivity contribution in [3.05, 3.63) is 53.1 Å². The molecule has 2 N–H and O–H groups in total. The maximum absolute atomic E-state index is 13.3. The first-order valence-corrected chi connectivity index (χ1v) is 14.7. The maximum atomic E-state index is 13.3. The molecular formula is C27H33ClF3N3O6S. The molecule has 0 radical (unpaired) electrons. The van der Waals surface area contributed by atoms with Crippen LogP contribution in [0.4, 0.5) is 18.9 Å². The van der Waals surface area contributed by atoms with Gasteiger partial charge >= 0.3 is 6.18 Å². The Balaban J connectivity index is 1.92. The van der Waals surface area contributed by atoms with E-state index in [1.54, 1.807) is 13.8 Å². The number of anilines is 1. The lowest BCUT2D eigenvalue weighted by atomic mass is 10.0. The number of benzene rings is 2. The number of hydrogen-bond acceptors (Lipinski definition) is 6. The quantitative estimate of drug-likeness (QED) is 0.437. The van der Waals surface area contributed by atoms with Crippen LogP contribution in [0, 0.1) is 5.92 Å². The SMILES string of the molecule is C[C@@H]1CN([C@@H](C)CO)C(=O)Cc2cc(NC(=O)CCC(F)(F)F)ccc2O[C@@H]1CN(C)S(=O)(=O)c1ccc(Cl)cc1. The number of sulfonamides is 1. The standard InChI is InChI=1S/C27H33ClF3N3O6S/c1-17-14-34(18(2)16-35)26(37)13-19-12-21(32-25(36)10-11-27(29,30)31)6-9-23(19)40-24(17)15-33(3)41(38,39)22-7-4-20(28)5-8-22/h4-9,12,17-18,24,35H,10-11,13-16H2,1-3H3,(H,32,36)/t17-,18+,24-/m1/s1. The molecule has 3 atom stereocenters. The lowest BCUT2D eigenvalue weighted by molar-refractivity contribution is -0.142. The van der Waals surface area contributed by atoms with Gasteiger partial charge in [0.05, 0.1) is 36.9 Å². The molecule has 2 amide bonds. The Bertz CT molecular complexity index is 1340.